The van der Waals surface area contributed by atoms with E-state index in [9.17, 15) is 8.42 Å². The van der Waals surface area contributed by atoms with Crippen LogP contribution in [0.4, 0.5) is 23.0 Å². The molecular weight excluding hydrogens is 474 g/mol. The third-order valence-electron chi connectivity index (χ3n) is 6.53. The van der Waals surface area contributed by atoms with Crippen molar-refractivity contribution in [3.8, 4) is 0 Å². The van der Waals surface area contributed by atoms with Crippen molar-refractivity contribution in [3.05, 3.63) is 72.6 Å². The highest BCUT2D eigenvalue weighted by Gasteiger charge is 2.17. The first-order valence-electron chi connectivity index (χ1n) is 12.0. The monoisotopic (exact) mass is 505 g/mol. The summed E-state index contributed by atoms with van der Waals surface area (Å²) in [6, 6.07) is 18.3. The van der Waals surface area contributed by atoms with Crippen LogP contribution in [0.2, 0.25) is 0 Å². The largest absolute Gasteiger partial charge is 0.369 e. The van der Waals surface area contributed by atoms with Gasteiger partial charge < -0.3 is 20.1 Å². The van der Waals surface area contributed by atoms with Gasteiger partial charge in [0, 0.05) is 61.9 Å². The SMILES string of the molecule is CC1CN(c2ccc(Nc3ncc4ccn(Cc5ccccc5N(C)S(C)(=O)=O)c4n3)cc2)CCN1. The fraction of sp³-hybridized carbons (Fsp3) is 0.308. The van der Waals surface area contributed by atoms with Gasteiger partial charge in [0.1, 0.15) is 5.65 Å². The van der Waals surface area contributed by atoms with Gasteiger partial charge in [-0.15, -0.1) is 0 Å². The lowest BCUT2D eigenvalue weighted by Crippen LogP contribution is -2.49. The zero-order valence-electron chi connectivity index (χ0n) is 20.7. The van der Waals surface area contributed by atoms with E-state index in [1.807, 2.05) is 53.2 Å². The molecule has 5 rings (SSSR count). The summed E-state index contributed by atoms with van der Waals surface area (Å²) in [5.74, 6) is 0.507. The number of fused-ring (bicyclic) bond motifs is 1. The minimum atomic E-state index is -3.37. The molecule has 0 spiro atoms. The summed E-state index contributed by atoms with van der Waals surface area (Å²) in [6.45, 7) is 5.66. The second kappa shape index (κ2) is 9.79. The Labute approximate surface area is 211 Å². The predicted molar refractivity (Wildman–Crippen MR) is 146 cm³/mol. The third kappa shape index (κ3) is 5.14. The summed E-state index contributed by atoms with van der Waals surface area (Å²) in [5.41, 5.74) is 4.43. The first-order valence-corrected chi connectivity index (χ1v) is 13.8. The smallest absolute Gasteiger partial charge is 0.232 e. The number of nitrogens with one attached hydrogen (secondary N) is 2. The molecule has 1 fully saturated rings. The Hall–Kier alpha value is -3.63. The van der Waals surface area contributed by atoms with E-state index in [0.717, 1.165) is 41.9 Å². The van der Waals surface area contributed by atoms with Gasteiger partial charge in [0.15, 0.2) is 0 Å². The predicted octanol–water partition coefficient (Wildman–Crippen LogP) is 3.42. The molecule has 10 heteroatoms. The molecular formula is C26H31N7O2S. The maximum absolute atomic E-state index is 12.1. The van der Waals surface area contributed by atoms with Crippen molar-refractivity contribution in [1.29, 1.82) is 0 Å². The molecule has 1 saturated heterocycles. The van der Waals surface area contributed by atoms with Crippen LogP contribution < -0.4 is 19.8 Å². The standard InChI is InChI=1S/C26H31N7O2S/c1-19-17-32(15-13-27-19)23-10-8-22(9-11-23)29-26-28-16-20-12-14-33(25(20)30-26)18-21-6-4-5-7-24(21)31(2)36(3,34)35/h4-12,14,16,19,27H,13,15,17-18H2,1-3H3,(H,28,29,30). The Morgan fingerprint density at radius 1 is 1.14 bits per heavy atom. The van der Waals surface area contributed by atoms with Gasteiger partial charge in [0.25, 0.3) is 0 Å². The second-order valence-electron chi connectivity index (χ2n) is 9.25. The maximum Gasteiger partial charge on any atom is 0.232 e. The number of nitrogens with zero attached hydrogens (tertiary/aromatic N) is 5. The fourth-order valence-corrected chi connectivity index (χ4v) is 5.06. The van der Waals surface area contributed by atoms with Crippen LogP contribution in [0.1, 0.15) is 12.5 Å². The van der Waals surface area contributed by atoms with Gasteiger partial charge >= 0.3 is 0 Å². The van der Waals surface area contributed by atoms with E-state index in [0.29, 0.717) is 24.2 Å². The van der Waals surface area contributed by atoms with E-state index in [2.05, 4.69) is 39.6 Å². The van der Waals surface area contributed by atoms with E-state index in [4.69, 9.17) is 4.98 Å². The molecule has 188 valence electrons. The molecule has 0 amide bonds. The number of hydrogen-bond acceptors (Lipinski definition) is 7. The van der Waals surface area contributed by atoms with E-state index in [1.165, 1.54) is 16.2 Å². The van der Waals surface area contributed by atoms with Gasteiger partial charge in [-0.1, -0.05) is 18.2 Å². The van der Waals surface area contributed by atoms with Gasteiger partial charge in [-0.25, -0.2) is 13.4 Å². The Morgan fingerprint density at radius 3 is 2.67 bits per heavy atom. The average molecular weight is 506 g/mol. The molecule has 1 atom stereocenters. The molecule has 36 heavy (non-hydrogen) atoms. The molecule has 1 aliphatic rings. The minimum absolute atomic E-state index is 0.478. The van der Waals surface area contributed by atoms with Crippen molar-refractivity contribution < 1.29 is 8.42 Å². The van der Waals surface area contributed by atoms with Crippen LogP contribution in [-0.4, -0.2) is 61.9 Å². The van der Waals surface area contributed by atoms with Crippen LogP contribution >= 0.6 is 0 Å². The Kier molecular flexibility index (Phi) is 6.55. The highest BCUT2D eigenvalue weighted by Crippen LogP contribution is 2.25. The van der Waals surface area contributed by atoms with Crippen LogP contribution in [0.25, 0.3) is 11.0 Å². The molecule has 2 N–H and O–H groups in total. The zero-order chi connectivity index (χ0) is 25.3. The summed E-state index contributed by atoms with van der Waals surface area (Å²) in [7, 11) is -1.80. The van der Waals surface area contributed by atoms with Crippen molar-refractivity contribution in [2.45, 2.75) is 19.5 Å². The van der Waals surface area contributed by atoms with E-state index in [-0.39, 0.29) is 0 Å². The lowest BCUT2D eigenvalue weighted by molar-refractivity contribution is 0.485. The Morgan fingerprint density at radius 2 is 1.92 bits per heavy atom. The summed E-state index contributed by atoms with van der Waals surface area (Å²) < 4.78 is 27.6. The number of anilines is 4. The van der Waals surface area contributed by atoms with Crippen molar-refractivity contribution in [1.82, 2.24) is 19.9 Å². The fourth-order valence-electron chi connectivity index (χ4n) is 4.52. The molecule has 0 bridgehead atoms. The molecule has 0 radical (unpaired) electrons. The van der Waals surface area contributed by atoms with Crippen molar-refractivity contribution in [2.24, 2.45) is 0 Å². The Bertz CT molecular complexity index is 1470. The van der Waals surface area contributed by atoms with Crippen LogP contribution in [0, 0.1) is 0 Å². The average Bonchev–Trinajstić information content (AvgIpc) is 3.26. The van der Waals surface area contributed by atoms with E-state index >= 15 is 0 Å². The number of sulfonamides is 1. The van der Waals surface area contributed by atoms with Crippen LogP contribution in [0.3, 0.4) is 0 Å². The summed E-state index contributed by atoms with van der Waals surface area (Å²) >= 11 is 0. The number of benzene rings is 2. The number of hydrogen-bond donors (Lipinski definition) is 2. The van der Waals surface area contributed by atoms with Crippen LogP contribution in [0.15, 0.2) is 67.0 Å². The number of aromatic nitrogens is 3. The van der Waals surface area contributed by atoms with Gasteiger partial charge in [0.05, 0.1) is 18.5 Å². The highest BCUT2D eigenvalue weighted by atomic mass is 32.2. The van der Waals surface area contributed by atoms with Crippen LogP contribution in [-0.2, 0) is 16.6 Å². The minimum Gasteiger partial charge on any atom is -0.369 e. The topological polar surface area (TPSA) is 95.4 Å². The summed E-state index contributed by atoms with van der Waals surface area (Å²) in [6.07, 6.45) is 4.95. The van der Waals surface area contributed by atoms with E-state index in [1.54, 1.807) is 13.2 Å². The lowest BCUT2D eigenvalue weighted by Gasteiger charge is -2.33. The number of rotatable bonds is 7. The molecule has 4 aromatic rings. The number of para-hydroxylation sites is 1. The first kappa shape index (κ1) is 24.1. The van der Waals surface area contributed by atoms with Crippen molar-refractivity contribution in [3.63, 3.8) is 0 Å². The molecule has 3 heterocycles. The molecule has 2 aromatic heterocycles. The molecule has 1 aliphatic heterocycles. The normalized spacial score (nSPS) is 16.3. The molecule has 0 aliphatic carbocycles. The van der Waals surface area contributed by atoms with Gasteiger partial charge in [-0.2, -0.15) is 4.98 Å². The highest BCUT2D eigenvalue weighted by molar-refractivity contribution is 7.92. The quantitative estimate of drug-likeness (QED) is 0.397. The molecule has 9 nitrogen and oxygen atoms in total. The number of piperazine rings is 1. The summed E-state index contributed by atoms with van der Waals surface area (Å²) in [5, 5.41) is 7.70. The van der Waals surface area contributed by atoms with Gasteiger partial charge in [0.2, 0.25) is 16.0 Å². The van der Waals surface area contributed by atoms with E-state index < -0.39 is 10.0 Å². The van der Waals surface area contributed by atoms with Crippen LogP contribution in [0.5, 0.6) is 0 Å². The third-order valence-corrected chi connectivity index (χ3v) is 7.72. The van der Waals surface area contributed by atoms with Crippen molar-refractivity contribution in [2.75, 3.05) is 47.5 Å². The summed E-state index contributed by atoms with van der Waals surface area (Å²) in [4.78, 5) is 11.6. The first-order chi connectivity index (χ1) is 17.3. The second-order valence-corrected chi connectivity index (χ2v) is 11.3. The zero-order valence-corrected chi connectivity index (χ0v) is 21.5. The molecule has 1 unspecified atom stereocenters. The van der Waals surface area contributed by atoms with Gasteiger partial charge in [-0.3, -0.25) is 4.31 Å². The Balaban J connectivity index is 1.36. The van der Waals surface area contributed by atoms with Gasteiger partial charge in [-0.05, 0) is 48.9 Å². The molecule has 2 aromatic carbocycles. The van der Waals surface area contributed by atoms with Crippen molar-refractivity contribution >= 4 is 44.1 Å². The lowest BCUT2D eigenvalue weighted by atomic mass is 10.2. The maximum atomic E-state index is 12.1. The molecule has 0 saturated carbocycles.